The maximum atomic E-state index is 12.4. The summed E-state index contributed by atoms with van der Waals surface area (Å²) >= 11 is 0. The van der Waals surface area contributed by atoms with Crippen LogP contribution in [-0.4, -0.2) is 96.9 Å². The van der Waals surface area contributed by atoms with Crippen LogP contribution in [0.2, 0.25) is 0 Å². The lowest BCUT2D eigenvalue weighted by molar-refractivity contribution is -0.376. The minimum atomic E-state index is -1.88. The van der Waals surface area contributed by atoms with Crippen LogP contribution in [0.25, 0.3) is 0 Å². The van der Waals surface area contributed by atoms with Crippen LogP contribution in [0, 0.1) is 39.9 Å². The number of aliphatic hydroxyl groups is 2. The van der Waals surface area contributed by atoms with E-state index in [0.29, 0.717) is 30.1 Å². The molecule has 0 aromatic heterocycles. The second kappa shape index (κ2) is 10.4. The van der Waals surface area contributed by atoms with Crippen molar-refractivity contribution in [3.63, 3.8) is 0 Å². The molecule has 228 valence electrons. The molecule has 7 atom stereocenters. The first-order valence-corrected chi connectivity index (χ1v) is 16.5. The van der Waals surface area contributed by atoms with Gasteiger partial charge in [0.05, 0.1) is 12.8 Å². The third-order valence-electron chi connectivity index (χ3n) is 13.9. The molecular weight excluding hydrogens is 504 g/mol. The third-order valence-corrected chi connectivity index (χ3v) is 13.9. The molecule has 2 heterocycles. The molecular formula is C32H56N4O4. The maximum Gasteiger partial charge on any atom is 0.305 e. The van der Waals surface area contributed by atoms with Gasteiger partial charge in [-0.2, -0.15) is 0 Å². The number of nitrogens with zero attached hydrogens (tertiary/aromatic N) is 2. The van der Waals surface area contributed by atoms with Gasteiger partial charge in [-0.3, -0.25) is 14.6 Å². The van der Waals surface area contributed by atoms with Crippen LogP contribution in [0.5, 0.6) is 0 Å². The fraction of sp³-hybridized carbons (Fsp3) is 0.969. The number of nitrogens with one attached hydrogen (secondary N) is 2. The first-order chi connectivity index (χ1) is 19.0. The molecule has 4 unspecified atom stereocenters. The van der Waals surface area contributed by atoms with E-state index in [1.807, 2.05) is 0 Å². The number of ether oxygens (including phenoxy) is 1. The van der Waals surface area contributed by atoms with Crippen LogP contribution >= 0.6 is 0 Å². The highest BCUT2D eigenvalue weighted by Crippen LogP contribution is 2.74. The van der Waals surface area contributed by atoms with E-state index >= 15 is 0 Å². The normalized spacial score (nSPS) is 45.2. The van der Waals surface area contributed by atoms with Crippen LogP contribution in [0.1, 0.15) is 85.0 Å². The fourth-order valence-corrected chi connectivity index (χ4v) is 11.9. The number of hydrogen-bond acceptors (Lipinski definition) is 8. The first-order valence-electron chi connectivity index (χ1n) is 16.5. The second-order valence-electron chi connectivity index (χ2n) is 15.2. The largest absolute Gasteiger partial charge is 0.469 e. The standard InChI is InChI=1S/C32H56N4O4/c1-28-11-5-6-24(28)23-7-8-26-29(2,13-10-27(37)40-4)32(38,39)22-31(35-18-14-33-15-19-35,36-20-16-34-17-21-36)30(26,3)25(23)9-12-28/h23-26,33-34,38-39H,5-22H2,1-4H3/t23?,24?,25?,26-,28-,29?,30+/m0/s1. The number of hydrogen-bond donors (Lipinski definition) is 4. The number of piperazine rings is 2. The van der Waals surface area contributed by atoms with Gasteiger partial charge in [-0.1, -0.05) is 27.2 Å². The van der Waals surface area contributed by atoms with Gasteiger partial charge in [-0.25, -0.2) is 0 Å². The van der Waals surface area contributed by atoms with E-state index in [1.54, 1.807) is 0 Å². The van der Waals surface area contributed by atoms with Crippen LogP contribution < -0.4 is 10.6 Å². The monoisotopic (exact) mass is 560 g/mol. The summed E-state index contributed by atoms with van der Waals surface area (Å²) in [5, 5.41) is 31.8. The summed E-state index contributed by atoms with van der Waals surface area (Å²) in [5.74, 6) is -0.0186. The lowest BCUT2D eigenvalue weighted by Crippen LogP contribution is -2.83. The van der Waals surface area contributed by atoms with Crippen LogP contribution in [-0.2, 0) is 9.53 Å². The first kappa shape index (κ1) is 29.3. The van der Waals surface area contributed by atoms with Crippen molar-refractivity contribution >= 4 is 5.97 Å². The van der Waals surface area contributed by atoms with Gasteiger partial charge in [0, 0.05) is 76.0 Å². The van der Waals surface area contributed by atoms with Crippen molar-refractivity contribution in [2.45, 2.75) is 96.4 Å². The van der Waals surface area contributed by atoms with E-state index in [-0.39, 0.29) is 23.7 Å². The minimum absolute atomic E-state index is 0.102. The van der Waals surface area contributed by atoms with Crippen molar-refractivity contribution < 1.29 is 19.7 Å². The number of carbonyl (C=O) groups excluding carboxylic acids is 1. The van der Waals surface area contributed by atoms with Crippen molar-refractivity contribution in [1.29, 1.82) is 0 Å². The lowest BCUT2D eigenvalue weighted by Gasteiger charge is -2.76. The summed E-state index contributed by atoms with van der Waals surface area (Å²) in [6, 6.07) is 0. The van der Waals surface area contributed by atoms with E-state index in [4.69, 9.17) is 4.74 Å². The molecule has 6 fully saturated rings. The fourth-order valence-electron chi connectivity index (χ4n) is 11.9. The lowest BCUT2D eigenvalue weighted by atomic mass is 9.36. The molecule has 6 aliphatic rings. The van der Waals surface area contributed by atoms with Crippen LogP contribution in [0.4, 0.5) is 0 Å². The third kappa shape index (κ3) is 4.10. The molecule has 8 heteroatoms. The highest BCUT2D eigenvalue weighted by Gasteiger charge is 2.76. The van der Waals surface area contributed by atoms with Gasteiger partial charge < -0.3 is 25.6 Å². The van der Waals surface area contributed by atoms with Crippen molar-refractivity contribution in [2.75, 3.05) is 59.5 Å². The molecule has 4 N–H and O–H groups in total. The van der Waals surface area contributed by atoms with Gasteiger partial charge in [-0.15, -0.1) is 0 Å². The molecule has 0 spiro atoms. The Hall–Kier alpha value is -0.770. The molecule has 0 bridgehead atoms. The smallest absolute Gasteiger partial charge is 0.305 e. The Labute approximate surface area is 242 Å². The summed E-state index contributed by atoms with van der Waals surface area (Å²) < 4.78 is 5.06. The van der Waals surface area contributed by atoms with E-state index in [2.05, 4.69) is 41.2 Å². The minimum Gasteiger partial charge on any atom is -0.469 e. The topological polar surface area (TPSA) is 97.3 Å². The Morgan fingerprint density at radius 3 is 2.10 bits per heavy atom. The molecule has 4 aliphatic carbocycles. The average Bonchev–Trinajstić information content (AvgIpc) is 3.37. The maximum absolute atomic E-state index is 12.4. The highest BCUT2D eigenvalue weighted by molar-refractivity contribution is 5.69. The van der Waals surface area contributed by atoms with Crippen molar-refractivity contribution in [2.24, 2.45) is 39.9 Å². The van der Waals surface area contributed by atoms with E-state index in [0.717, 1.165) is 64.7 Å². The van der Waals surface area contributed by atoms with Gasteiger partial charge >= 0.3 is 5.97 Å². The molecule has 0 amide bonds. The summed E-state index contributed by atoms with van der Waals surface area (Å²) in [7, 11) is 1.44. The molecule has 8 nitrogen and oxygen atoms in total. The zero-order valence-electron chi connectivity index (χ0n) is 25.6. The van der Waals surface area contributed by atoms with Crippen molar-refractivity contribution in [1.82, 2.24) is 20.4 Å². The summed E-state index contributed by atoms with van der Waals surface area (Å²) in [4.78, 5) is 17.8. The molecule has 2 saturated heterocycles. The number of carbonyl (C=O) groups is 1. The van der Waals surface area contributed by atoms with E-state index in [9.17, 15) is 15.0 Å². The average molecular weight is 561 g/mol. The van der Waals surface area contributed by atoms with Gasteiger partial charge in [-0.05, 0) is 74.0 Å². The highest BCUT2D eigenvalue weighted by atomic mass is 16.5. The Bertz CT molecular complexity index is 931. The van der Waals surface area contributed by atoms with Crippen molar-refractivity contribution in [3.8, 4) is 0 Å². The Morgan fingerprint density at radius 1 is 0.875 bits per heavy atom. The molecule has 6 rings (SSSR count). The Balaban J connectivity index is 1.52. The summed E-state index contributed by atoms with van der Waals surface area (Å²) in [6.07, 6.45) is 9.79. The molecule has 2 aliphatic heterocycles. The number of fused-ring (bicyclic) bond motifs is 5. The SMILES string of the molecule is COC(=O)CCC1(C)[C@@H]2CCC3C4CCC[C@@]4(C)CCC3[C@@]2(C)C(N2CCNCC2)(N2CCNCC2)CC1(O)O. The summed E-state index contributed by atoms with van der Waals surface area (Å²) in [6.45, 7) is 14.7. The predicted octanol–water partition coefficient (Wildman–Crippen LogP) is 2.79. The van der Waals surface area contributed by atoms with Crippen LogP contribution in [0.15, 0.2) is 0 Å². The van der Waals surface area contributed by atoms with Crippen molar-refractivity contribution in [3.05, 3.63) is 0 Å². The predicted molar refractivity (Wildman–Crippen MR) is 155 cm³/mol. The quantitative estimate of drug-likeness (QED) is 0.301. The molecule has 0 radical (unpaired) electrons. The number of esters is 1. The van der Waals surface area contributed by atoms with E-state index in [1.165, 1.54) is 45.6 Å². The van der Waals surface area contributed by atoms with Gasteiger partial charge in [0.2, 0.25) is 0 Å². The molecule has 40 heavy (non-hydrogen) atoms. The Morgan fingerprint density at radius 2 is 1.50 bits per heavy atom. The van der Waals surface area contributed by atoms with Crippen LogP contribution in [0.3, 0.4) is 0 Å². The summed E-state index contributed by atoms with van der Waals surface area (Å²) in [5.41, 5.74) is -0.888. The van der Waals surface area contributed by atoms with Gasteiger partial charge in [0.15, 0.2) is 5.79 Å². The molecule has 0 aromatic carbocycles. The zero-order chi connectivity index (χ0) is 28.4. The second-order valence-corrected chi connectivity index (χ2v) is 15.2. The zero-order valence-corrected chi connectivity index (χ0v) is 25.6. The van der Waals surface area contributed by atoms with E-state index < -0.39 is 16.9 Å². The van der Waals surface area contributed by atoms with Gasteiger partial charge in [0.25, 0.3) is 0 Å². The number of methoxy groups -OCH3 is 1. The molecule has 4 saturated carbocycles. The Kier molecular flexibility index (Phi) is 7.65. The number of rotatable bonds is 5. The van der Waals surface area contributed by atoms with Gasteiger partial charge in [0.1, 0.15) is 0 Å². The molecule has 0 aromatic rings.